The summed E-state index contributed by atoms with van der Waals surface area (Å²) in [6, 6.07) is 7.15. The maximum Gasteiger partial charge on any atom is 0.126 e. The van der Waals surface area contributed by atoms with E-state index in [4.69, 9.17) is 4.74 Å². The number of hydrogen-bond acceptors (Lipinski definition) is 3. The third kappa shape index (κ3) is 4.84. The molecule has 1 aromatic rings. The van der Waals surface area contributed by atoms with Gasteiger partial charge >= 0.3 is 0 Å². The summed E-state index contributed by atoms with van der Waals surface area (Å²) in [7, 11) is 4.19. The Labute approximate surface area is 116 Å². The number of nitrogens with zero attached hydrogens (tertiary/aromatic N) is 1. The molecule has 0 aliphatic heterocycles. The summed E-state index contributed by atoms with van der Waals surface area (Å²) in [5, 5.41) is 3.56. The second-order valence-corrected chi connectivity index (χ2v) is 5.72. The highest BCUT2D eigenvalue weighted by molar-refractivity contribution is 5.40. The van der Waals surface area contributed by atoms with Gasteiger partial charge in [-0.2, -0.15) is 0 Å². The lowest BCUT2D eigenvalue weighted by molar-refractivity contribution is 0.277. The molecular weight excluding hydrogens is 236 g/mol. The Balaban J connectivity index is 1.88. The van der Waals surface area contributed by atoms with Gasteiger partial charge in [0, 0.05) is 24.7 Å². The molecule has 3 heteroatoms. The molecule has 0 bridgehead atoms. The Morgan fingerprint density at radius 1 is 1.32 bits per heavy atom. The van der Waals surface area contributed by atoms with E-state index in [0.717, 1.165) is 37.9 Å². The zero-order valence-corrected chi connectivity index (χ0v) is 12.4. The van der Waals surface area contributed by atoms with Crippen LogP contribution in [0.4, 0.5) is 0 Å². The lowest BCUT2D eigenvalue weighted by Crippen LogP contribution is -2.18. The van der Waals surface area contributed by atoms with Gasteiger partial charge in [0.2, 0.25) is 0 Å². The second kappa shape index (κ2) is 6.92. The van der Waals surface area contributed by atoms with Gasteiger partial charge in [0.15, 0.2) is 0 Å². The Morgan fingerprint density at radius 2 is 2.11 bits per heavy atom. The zero-order chi connectivity index (χ0) is 13.7. The molecule has 0 spiro atoms. The van der Waals surface area contributed by atoms with Crippen LogP contribution in [0.1, 0.15) is 30.4 Å². The molecule has 106 valence electrons. The van der Waals surface area contributed by atoms with Crippen LogP contribution in [0, 0.1) is 6.92 Å². The Hall–Kier alpha value is -1.06. The lowest BCUT2D eigenvalue weighted by Gasteiger charge is -2.15. The van der Waals surface area contributed by atoms with Crippen molar-refractivity contribution in [1.82, 2.24) is 10.2 Å². The van der Waals surface area contributed by atoms with Crippen molar-refractivity contribution in [2.75, 3.05) is 27.2 Å². The second-order valence-electron chi connectivity index (χ2n) is 5.72. The average molecular weight is 262 g/mol. The third-order valence-electron chi connectivity index (χ3n) is 3.45. The Morgan fingerprint density at radius 3 is 2.79 bits per heavy atom. The number of aryl methyl sites for hydroxylation is 1. The van der Waals surface area contributed by atoms with Crippen molar-refractivity contribution < 1.29 is 4.74 Å². The summed E-state index contributed by atoms with van der Waals surface area (Å²) < 4.78 is 6.00. The van der Waals surface area contributed by atoms with Gasteiger partial charge in [-0.05, 0) is 45.8 Å². The van der Waals surface area contributed by atoms with Crippen molar-refractivity contribution in [3.8, 4) is 5.75 Å². The predicted octanol–water partition coefficient (Wildman–Crippen LogP) is 2.58. The van der Waals surface area contributed by atoms with Crippen LogP contribution in [0.3, 0.4) is 0 Å². The summed E-state index contributed by atoms with van der Waals surface area (Å²) in [4.78, 5) is 2.19. The monoisotopic (exact) mass is 262 g/mol. The van der Waals surface area contributed by atoms with Crippen molar-refractivity contribution in [3.05, 3.63) is 29.3 Å². The SMILES string of the molecule is Cc1cccc(CNC2CC2)c1OCCCN(C)C. The molecule has 0 saturated heterocycles. The van der Waals surface area contributed by atoms with E-state index in [1.807, 2.05) is 0 Å². The summed E-state index contributed by atoms with van der Waals surface area (Å²) in [5.41, 5.74) is 2.52. The molecule has 0 heterocycles. The van der Waals surface area contributed by atoms with Gasteiger partial charge in [0.1, 0.15) is 5.75 Å². The van der Waals surface area contributed by atoms with Gasteiger partial charge in [-0.3, -0.25) is 0 Å². The molecule has 3 nitrogen and oxygen atoms in total. The molecule has 1 fully saturated rings. The Kier molecular flexibility index (Phi) is 5.23. The molecule has 2 rings (SSSR count). The van der Waals surface area contributed by atoms with Crippen LogP contribution in [0.2, 0.25) is 0 Å². The minimum absolute atomic E-state index is 0.738. The first-order valence-corrected chi connectivity index (χ1v) is 7.26. The van der Waals surface area contributed by atoms with Crippen molar-refractivity contribution in [3.63, 3.8) is 0 Å². The maximum atomic E-state index is 6.00. The van der Waals surface area contributed by atoms with E-state index < -0.39 is 0 Å². The molecule has 0 unspecified atom stereocenters. The number of nitrogens with one attached hydrogen (secondary N) is 1. The third-order valence-corrected chi connectivity index (χ3v) is 3.45. The van der Waals surface area contributed by atoms with Gasteiger partial charge in [-0.1, -0.05) is 18.2 Å². The van der Waals surface area contributed by atoms with Crippen LogP contribution in [0.15, 0.2) is 18.2 Å². The average Bonchev–Trinajstić information content (AvgIpc) is 3.17. The highest BCUT2D eigenvalue weighted by Gasteiger charge is 2.20. The molecular formula is C16H26N2O. The van der Waals surface area contributed by atoms with E-state index in [2.05, 4.69) is 49.4 Å². The van der Waals surface area contributed by atoms with Crippen LogP contribution in [-0.2, 0) is 6.54 Å². The van der Waals surface area contributed by atoms with E-state index in [0.29, 0.717) is 0 Å². The fourth-order valence-electron chi connectivity index (χ4n) is 2.16. The first kappa shape index (κ1) is 14.4. The van der Waals surface area contributed by atoms with Gasteiger partial charge < -0.3 is 15.0 Å². The molecule has 1 N–H and O–H groups in total. The number of hydrogen-bond donors (Lipinski definition) is 1. The highest BCUT2D eigenvalue weighted by Crippen LogP contribution is 2.25. The van der Waals surface area contributed by atoms with Crippen LogP contribution < -0.4 is 10.1 Å². The van der Waals surface area contributed by atoms with E-state index in [1.165, 1.54) is 24.0 Å². The van der Waals surface area contributed by atoms with Gasteiger partial charge in [-0.25, -0.2) is 0 Å². The molecule has 0 atom stereocenters. The van der Waals surface area contributed by atoms with E-state index in [9.17, 15) is 0 Å². The fraction of sp³-hybridized carbons (Fsp3) is 0.625. The van der Waals surface area contributed by atoms with Crippen LogP contribution in [-0.4, -0.2) is 38.2 Å². The molecule has 0 amide bonds. The normalized spacial score (nSPS) is 14.9. The summed E-state index contributed by atoms with van der Waals surface area (Å²) in [5.74, 6) is 1.08. The number of benzene rings is 1. The van der Waals surface area contributed by atoms with E-state index >= 15 is 0 Å². The van der Waals surface area contributed by atoms with Crippen molar-refractivity contribution in [2.45, 2.75) is 38.8 Å². The predicted molar refractivity (Wildman–Crippen MR) is 79.7 cm³/mol. The molecule has 1 aliphatic carbocycles. The van der Waals surface area contributed by atoms with Gasteiger partial charge in [0.25, 0.3) is 0 Å². The molecule has 1 aliphatic rings. The molecule has 1 saturated carbocycles. The van der Waals surface area contributed by atoms with E-state index in [1.54, 1.807) is 0 Å². The Bertz CT molecular complexity index is 400. The molecule has 0 aromatic heterocycles. The summed E-state index contributed by atoms with van der Waals surface area (Å²) >= 11 is 0. The minimum Gasteiger partial charge on any atom is -0.493 e. The minimum atomic E-state index is 0.738. The van der Waals surface area contributed by atoms with Crippen molar-refractivity contribution in [1.29, 1.82) is 0 Å². The lowest BCUT2D eigenvalue weighted by atomic mass is 10.1. The number of ether oxygens (including phenoxy) is 1. The van der Waals surface area contributed by atoms with Crippen LogP contribution in [0.5, 0.6) is 5.75 Å². The summed E-state index contributed by atoms with van der Waals surface area (Å²) in [6.07, 6.45) is 3.71. The first-order chi connectivity index (χ1) is 9.16. The molecule has 1 aromatic carbocycles. The van der Waals surface area contributed by atoms with Crippen molar-refractivity contribution >= 4 is 0 Å². The summed E-state index contributed by atoms with van der Waals surface area (Å²) in [6.45, 7) is 4.91. The van der Waals surface area contributed by atoms with Gasteiger partial charge in [-0.15, -0.1) is 0 Å². The first-order valence-electron chi connectivity index (χ1n) is 7.26. The van der Waals surface area contributed by atoms with Gasteiger partial charge in [0.05, 0.1) is 6.61 Å². The largest absolute Gasteiger partial charge is 0.493 e. The number of para-hydroxylation sites is 1. The molecule has 0 radical (unpaired) electrons. The van der Waals surface area contributed by atoms with E-state index in [-0.39, 0.29) is 0 Å². The quantitative estimate of drug-likeness (QED) is 0.729. The highest BCUT2D eigenvalue weighted by atomic mass is 16.5. The van der Waals surface area contributed by atoms with Crippen molar-refractivity contribution in [2.24, 2.45) is 0 Å². The van der Waals surface area contributed by atoms with Crippen LogP contribution >= 0.6 is 0 Å². The number of rotatable bonds is 8. The fourth-order valence-corrected chi connectivity index (χ4v) is 2.16. The zero-order valence-electron chi connectivity index (χ0n) is 12.4. The standard InChI is InChI=1S/C16H26N2O/c1-13-6-4-7-14(12-17-15-8-9-15)16(13)19-11-5-10-18(2)3/h4,6-7,15,17H,5,8-12H2,1-3H3. The topological polar surface area (TPSA) is 24.5 Å². The molecule has 19 heavy (non-hydrogen) atoms. The van der Waals surface area contributed by atoms with Crippen LogP contribution in [0.25, 0.3) is 0 Å². The maximum absolute atomic E-state index is 6.00. The smallest absolute Gasteiger partial charge is 0.126 e.